The van der Waals surface area contributed by atoms with Gasteiger partial charge in [0.1, 0.15) is 0 Å². The largest absolute Gasteiger partial charge is 0.352 e. The first-order valence-corrected chi connectivity index (χ1v) is 14.8. The molecule has 1 aliphatic heterocycles. The minimum Gasteiger partial charge on any atom is -0.352 e. The molecule has 3 heterocycles. The molecule has 42 heavy (non-hydrogen) atoms. The summed E-state index contributed by atoms with van der Waals surface area (Å²) in [5.41, 5.74) is 7.10. The summed E-state index contributed by atoms with van der Waals surface area (Å²) in [5.74, 6) is -0.0609. The molecule has 0 unspecified atom stereocenters. The summed E-state index contributed by atoms with van der Waals surface area (Å²) in [4.78, 5) is 20.1. The number of benzene rings is 3. The lowest BCUT2D eigenvalue weighted by atomic mass is 9.96. The maximum atomic E-state index is 13.3. The molecule has 1 amide bonds. The first kappa shape index (κ1) is 27.9. The van der Waals surface area contributed by atoms with Crippen LogP contribution < -0.4 is 10.6 Å². The Morgan fingerprint density at radius 3 is 2.57 bits per heavy atom. The molecule has 3 aromatic carbocycles. The van der Waals surface area contributed by atoms with Gasteiger partial charge in [-0.25, -0.2) is 0 Å². The maximum Gasteiger partial charge on any atom is 0.226 e. The van der Waals surface area contributed by atoms with Crippen molar-refractivity contribution < 1.29 is 4.79 Å². The van der Waals surface area contributed by atoms with E-state index in [9.17, 15) is 4.79 Å². The summed E-state index contributed by atoms with van der Waals surface area (Å²) in [6.45, 7) is 6.73. The third-order valence-corrected chi connectivity index (χ3v) is 8.87. The number of halogens is 1. The molecule has 1 fully saturated rings. The number of nitrogens with one attached hydrogen (secondary N) is 2. The predicted octanol–water partition coefficient (Wildman–Crippen LogP) is 7.61. The van der Waals surface area contributed by atoms with E-state index in [4.69, 9.17) is 23.8 Å². The van der Waals surface area contributed by atoms with Gasteiger partial charge in [0.25, 0.3) is 0 Å². The van der Waals surface area contributed by atoms with Crippen molar-refractivity contribution in [3.8, 4) is 5.69 Å². The number of carbonyl (C=O) groups excluding carboxylic acids is 1. The Hall–Kier alpha value is -4.20. The smallest absolute Gasteiger partial charge is 0.226 e. The maximum absolute atomic E-state index is 13.3. The van der Waals surface area contributed by atoms with Crippen LogP contribution in [0.15, 0.2) is 91.1 Å². The fourth-order valence-corrected chi connectivity index (χ4v) is 6.55. The Labute approximate surface area is 256 Å². The zero-order valence-electron chi connectivity index (χ0n) is 23.8. The Morgan fingerprint density at radius 2 is 1.76 bits per heavy atom. The van der Waals surface area contributed by atoms with Crippen molar-refractivity contribution >= 4 is 51.3 Å². The van der Waals surface area contributed by atoms with Gasteiger partial charge >= 0.3 is 0 Å². The van der Waals surface area contributed by atoms with Crippen molar-refractivity contribution in [3.63, 3.8) is 0 Å². The molecule has 2 N–H and O–H groups in total. The van der Waals surface area contributed by atoms with Crippen molar-refractivity contribution in [2.75, 3.05) is 11.9 Å². The van der Waals surface area contributed by atoms with E-state index in [0.717, 1.165) is 55.4 Å². The standard InChI is InChI=1S/C34H32ClN5OS/c1-21-20-26(23(3)40(21)30-16-9-13-27(35)22(30)2)33-32(29-14-6-7-18-36-29)38-34(42)39(33)19-17-31(41)37-28-15-8-11-24-10-4-5-12-25(24)28/h4-16,18,20,32-33H,17,19H2,1-3H3,(H,37,41)(H,38,42)/t32-,33+/m1/s1. The number of fused-ring (bicyclic) bond motifs is 1. The van der Waals surface area contributed by atoms with E-state index in [2.05, 4.69) is 51.1 Å². The lowest BCUT2D eigenvalue weighted by Gasteiger charge is -2.28. The Balaban J connectivity index is 1.33. The van der Waals surface area contributed by atoms with Gasteiger partial charge in [0, 0.05) is 52.3 Å². The van der Waals surface area contributed by atoms with Gasteiger partial charge in [-0.05, 0) is 85.9 Å². The van der Waals surface area contributed by atoms with Crippen molar-refractivity contribution in [2.24, 2.45) is 0 Å². The van der Waals surface area contributed by atoms with Gasteiger partial charge in [-0.3, -0.25) is 9.78 Å². The number of anilines is 1. The van der Waals surface area contributed by atoms with Crippen molar-refractivity contribution in [1.82, 2.24) is 19.8 Å². The summed E-state index contributed by atoms with van der Waals surface area (Å²) < 4.78 is 2.25. The first-order valence-electron chi connectivity index (χ1n) is 14.0. The number of hydrogen-bond donors (Lipinski definition) is 2. The topological polar surface area (TPSA) is 62.2 Å². The number of aryl methyl sites for hydroxylation is 1. The number of hydrogen-bond acceptors (Lipinski definition) is 3. The van der Waals surface area contributed by atoms with Gasteiger partial charge in [-0.2, -0.15) is 0 Å². The SMILES string of the molecule is Cc1c(Cl)cccc1-n1c(C)cc([C@H]2[C@@H](c3ccccn3)NC(=S)N2CCC(=O)Nc2cccc3ccccc23)c1C. The molecule has 0 radical (unpaired) electrons. The molecule has 2 aromatic heterocycles. The quantitative estimate of drug-likeness (QED) is 0.190. The molecule has 6 rings (SSSR count). The van der Waals surface area contributed by atoms with Gasteiger partial charge < -0.3 is 20.1 Å². The van der Waals surface area contributed by atoms with Crippen LogP contribution in [0.2, 0.25) is 5.02 Å². The number of rotatable bonds is 7. The van der Waals surface area contributed by atoms with Crippen LogP contribution >= 0.6 is 23.8 Å². The lowest BCUT2D eigenvalue weighted by molar-refractivity contribution is -0.116. The van der Waals surface area contributed by atoms with E-state index < -0.39 is 0 Å². The van der Waals surface area contributed by atoms with E-state index >= 15 is 0 Å². The third kappa shape index (κ3) is 5.14. The molecule has 0 spiro atoms. The molecule has 1 saturated heterocycles. The summed E-state index contributed by atoms with van der Waals surface area (Å²) >= 11 is 12.4. The van der Waals surface area contributed by atoms with Gasteiger partial charge in [-0.15, -0.1) is 0 Å². The van der Waals surface area contributed by atoms with Crippen molar-refractivity contribution in [3.05, 3.63) is 124 Å². The van der Waals surface area contributed by atoms with Crippen LogP contribution in [-0.2, 0) is 4.79 Å². The first-order chi connectivity index (χ1) is 20.3. The van der Waals surface area contributed by atoms with Gasteiger partial charge in [-0.1, -0.05) is 60.1 Å². The fraction of sp³-hybridized carbons (Fsp3) is 0.206. The highest BCUT2D eigenvalue weighted by Crippen LogP contribution is 2.42. The fourth-order valence-electron chi connectivity index (χ4n) is 6.05. The number of nitrogens with zero attached hydrogens (tertiary/aromatic N) is 3. The zero-order chi connectivity index (χ0) is 29.4. The average Bonchev–Trinajstić information content (AvgIpc) is 3.48. The Morgan fingerprint density at radius 1 is 1.00 bits per heavy atom. The van der Waals surface area contributed by atoms with E-state index in [-0.39, 0.29) is 24.4 Å². The second kappa shape index (κ2) is 11.6. The number of thiocarbonyl (C=S) groups is 1. The minimum atomic E-state index is -0.172. The molecule has 2 atom stereocenters. The van der Waals surface area contributed by atoms with Crippen molar-refractivity contribution in [2.45, 2.75) is 39.3 Å². The molecular weight excluding hydrogens is 562 g/mol. The normalized spacial score (nSPS) is 16.6. The lowest BCUT2D eigenvalue weighted by Crippen LogP contribution is -2.33. The highest BCUT2D eigenvalue weighted by Gasteiger charge is 2.41. The molecule has 8 heteroatoms. The summed E-state index contributed by atoms with van der Waals surface area (Å²) in [7, 11) is 0. The van der Waals surface area contributed by atoms with E-state index in [0.29, 0.717) is 11.7 Å². The van der Waals surface area contributed by atoms with Crippen LogP contribution in [-0.4, -0.2) is 32.0 Å². The molecule has 1 aliphatic rings. The number of pyridine rings is 1. The summed E-state index contributed by atoms with van der Waals surface area (Å²) in [6, 6.07) is 27.8. The Bertz CT molecular complexity index is 1800. The van der Waals surface area contributed by atoms with Gasteiger partial charge in [0.05, 0.1) is 17.8 Å². The summed E-state index contributed by atoms with van der Waals surface area (Å²) in [6.07, 6.45) is 2.08. The van der Waals surface area contributed by atoms with Crippen LogP contribution in [0.4, 0.5) is 5.69 Å². The number of amides is 1. The summed E-state index contributed by atoms with van der Waals surface area (Å²) in [5, 5.41) is 10.1. The van der Waals surface area contributed by atoms with Gasteiger partial charge in [0.15, 0.2) is 5.11 Å². The molecule has 0 saturated carbocycles. The minimum absolute atomic E-state index is 0.0609. The molecule has 0 aliphatic carbocycles. The van der Waals surface area contributed by atoms with Crippen LogP contribution in [0, 0.1) is 20.8 Å². The van der Waals surface area contributed by atoms with E-state index in [1.54, 1.807) is 6.20 Å². The average molecular weight is 594 g/mol. The molecular formula is C34H32ClN5OS. The van der Waals surface area contributed by atoms with Crippen LogP contribution in [0.1, 0.15) is 46.7 Å². The van der Waals surface area contributed by atoms with Gasteiger partial charge in [0.2, 0.25) is 5.91 Å². The predicted molar refractivity (Wildman–Crippen MR) is 174 cm³/mol. The van der Waals surface area contributed by atoms with Crippen LogP contribution in [0.5, 0.6) is 0 Å². The van der Waals surface area contributed by atoms with Crippen LogP contribution in [0.3, 0.4) is 0 Å². The second-order valence-corrected chi connectivity index (χ2v) is 11.5. The van der Waals surface area contributed by atoms with Crippen molar-refractivity contribution in [1.29, 1.82) is 0 Å². The van der Waals surface area contributed by atoms with E-state index in [1.807, 2.05) is 79.7 Å². The molecule has 0 bridgehead atoms. The van der Waals surface area contributed by atoms with Crippen LogP contribution in [0.25, 0.3) is 16.5 Å². The monoisotopic (exact) mass is 593 g/mol. The third-order valence-electron chi connectivity index (χ3n) is 8.11. The zero-order valence-corrected chi connectivity index (χ0v) is 25.3. The Kier molecular flexibility index (Phi) is 7.71. The highest BCUT2D eigenvalue weighted by molar-refractivity contribution is 7.80. The highest BCUT2D eigenvalue weighted by atomic mass is 35.5. The van der Waals surface area contributed by atoms with E-state index in [1.165, 1.54) is 0 Å². The molecule has 6 nitrogen and oxygen atoms in total. The number of aromatic nitrogens is 2. The second-order valence-electron chi connectivity index (χ2n) is 10.7. The number of carbonyl (C=O) groups is 1. The molecule has 5 aromatic rings. The molecule has 212 valence electrons.